The lowest BCUT2D eigenvalue weighted by Crippen LogP contribution is -2.43. The van der Waals surface area contributed by atoms with E-state index >= 15 is 0 Å². The number of aromatic nitrogens is 1. The predicted molar refractivity (Wildman–Crippen MR) is 104 cm³/mol. The van der Waals surface area contributed by atoms with Crippen molar-refractivity contribution in [3.05, 3.63) is 53.4 Å². The molecule has 1 aromatic rings. The summed E-state index contributed by atoms with van der Waals surface area (Å²) in [6.07, 6.45) is 10.9. The van der Waals surface area contributed by atoms with Crippen molar-refractivity contribution < 1.29 is 9.57 Å². The summed E-state index contributed by atoms with van der Waals surface area (Å²) in [5.74, 6) is 3.19. The Hall–Kier alpha value is -2.54. The van der Waals surface area contributed by atoms with Gasteiger partial charge in [-0.25, -0.2) is 15.4 Å². The number of aliphatic imine (C=N–C) groups is 1. The smallest absolute Gasteiger partial charge is 0.227 e. The van der Waals surface area contributed by atoms with Gasteiger partial charge in [-0.05, 0) is 37.3 Å². The minimum Gasteiger partial charge on any atom is -0.366 e. The van der Waals surface area contributed by atoms with Gasteiger partial charge in [0.05, 0.1) is 0 Å². The Balaban J connectivity index is 1.56. The maximum Gasteiger partial charge on any atom is 0.227 e. The van der Waals surface area contributed by atoms with Crippen molar-refractivity contribution in [2.45, 2.75) is 39.2 Å². The molecule has 1 fully saturated rings. The third-order valence-corrected chi connectivity index (χ3v) is 5.33. The Kier molecular flexibility index (Phi) is 5.29. The topological polar surface area (TPSA) is 56.0 Å². The molecule has 0 saturated carbocycles. The molecule has 0 atom stereocenters. The van der Waals surface area contributed by atoms with Crippen molar-refractivity contribution >= 4 is 5.84 Å². The van der Waals surface area contributed by atoms with Gasteiger partial charge in [-0.2, -0.15) is 0 Å². The lowest BCUT2D eigenvalue weighted by Gasteiger charge is -2.34. The maximum absolute atomic E-state index is 5.26. The Morgan fingerprint density at radius 1 is 1.30 bits per heavy atom. The molecule has 0 amide bonds. The number of amidine groups is 1. The molecule has 3 aliphatic heterocycles. The number of nitrogens with one attached hydrogen (secondary N) is 2. The average Bonchev–Trinajstić information content (AvgIpc) is 3.16. The lowest BCUT2D eigenvalue weighted by molar-refractivity contribution is -0.885. The van der Waals surface area contributed by atoms with Gasteiger partial charge < -0.3 is 10.2 Å². The summed E-state index contributed by atoms with van der Waals surface area (Å²) in [5, 5.41) is 5.69. The number of likely N-dealkylation sites (tertiary alicyclic amines) is 1. The number of hydrazine groups is 1. The minimum absolute atomic E-state index is 0.718. The van der Waals surface area contributed by atoms with E-state index in [0.717, 1.165) is 55.6 Å². The molecule has 4 heterocycles. The van der Waals surface area contributed by atoms with Crippen LogP contribution in [0.25, 0.3) is 0 Å². The second-order valence-electron chi connectivity index (χ2n) is 7.11. The fourth-order valence-electron chi connectivity index (χ4n) is 3.75. The summed E-state index contributed by atoms with van der Waals surface area (Å²) in [6.45, 7) is 5.96. The fraction of sp³-hybridized carbons (Fsp3) is 0.500. The molecule has 0 aromatic carbocycles. The number of fused-ring (bicyclic) bond motifs is 1. The molecule has 27 heavy (non-hydrogen) atoms. The molecule has 4 rings (SSSR count). The molecule has 2 N–H and O–H groups in total. The molecule has 0 unspecified atom stereocenters. The van der Waals surface area contributed by atoms with Crippen molar-refractivity contribution in [3.8, 4) is 0 Å². The highest BCUT2D eigenvalue weighted by Crippen LogP contribution is 2.27. The van der Waals surface area contributed by atoms with E-state index in [1.165, 1.54) is 24.8 Å². The summed E-state index contributed by atoms with van der Waals surface area (Å²) < 4.78 is 1.71. The summed E-state index contributed by atoms with van der Waals surface area (Å²) >= 11 is 0. The number of piperidine rings is 1. The number of hydrogen-bond acceptors (Lipinski definition) is 6. The molecule has 1 saturated heterocycles. The molecule has 0 radical (unpaired) electrons. The summed E-state index contributed by atoms with van der Waals surface area (Å²) in [6, 6.07) is 4.09. The zero-order valence-electron chi connectivity index (χ0n) is 16.2. The van der Waals surface area contributed by atoms with Gasteiger partial charge in [-0.1, -0.05) is 6.92 Å². The van der Waals surface area contributed by atoms with Crippen LogP contribution in [0, 0.1) is 0 Å². The van der Waals surface area contributed by atoms with E-state index in [-0.39, 0.29) is 0 Å². The molecule has 144 valence electrons. The first-order valence-electron chi connectivity index (χ1n) is 9.88. The Labute approximate surface area is 160 Å². The van der Waals surface area contributed by atoms with Gasteiger partial charge in [0.1, 0.15) is 18.8 Å². The molecule has 0 bridgehead atoms. The van der Waals surface area contributed by atoms with E-state index in [2.05, 4.69) is 39.7 Å². The number of rotatable bonds is 5. The van der Waals surface area contributed by atoms with E-state index in [4.69, 9.17) is 9.83 Å². The number of nitrogens with zero attached hydrogens (tertiary/aromatic N) is 4. The molecular weight excluding hydrogens is 340 g/mol. The highest BCUT2D eigenvalue weighted by atomic mass is 16.6. The van der Waals surface area contributed by atoms with Gasteiger partial charge in [0.2, 0.25) is 12.4 Å². The van der Waals surface area contributed by atoms with Gasteiger partial charge in [0.25, 0.3) is 0 Å². The third kappa shape index (κ3) is 3.78. The van der Waals surface area contributed by atoms with Gasteiger partial charge in [0, 0.05) is 48.6 Å². The third-order valence-electron chi connectivity index (χ3n) is 5.33. The van der Waals surface area contributed by atoms with Crippen molar-refractivity contribution in [2.24, 2.45) is 4.99 Å². The molecule has 7 heteroatoms. The molecule has 0 spiro atoms. The van der Waals surface area contributed by atoms with Crippen LogP contribution in [0.4, 0.5) is 0 Å². The van der Waals surface area contributed by atoms with Crippen LogP contribution in [-0.4, -0.2) is 42.5 Å². The van der Waals surface area contributed by atoms with Gasteiger partial charge in [-0.15, -0.1) is 0 Å². The Morgan fingerprint density at radius 2 is 2.15 bits per heavy atom. The SMILES string of the molecule is CCC1=C2N=C(N3CCCCC3)C=C(NCc3ccc[n+](OC)c3)N2NC1. The van der Waals surface area contributed by atoms with E-state index in [9.17, 15) is 0 Å². The van der Waals surface area contributed by atoms with E-state index in [1.54, 1.807) is 11.8 Å². The first-order chi connectivity index (χ1) is 13.3. The van der Waals surface area contributed by atoms with Gasteiger partial charge in [-0.3, -0.25) is 4.84 Å². The van der Waals surface area contributed by atoms with E-state index in [0.29, 0.717) is 0 Å². The van der Waals surface area contributed by atoms with Crippen LogP contribution < -0.4 is 20.3 Å². The lowest BCUT2D eigenvalue weighted by atomic mass is 10.1. The monoisotopic (exact) mass is 369 g/mol. The van der Waals surface area contributed by atoms with E-state index in [1.807, 2.05) is 18.5 Å². The molecule has 7 nitrogen and oxygen atoms in total. The minimum atomic E-state index is 0.718. The maximum atomic E-state index is 5.26. The summed E-state index contributed by atoms with van der Waals surface area (Å²) in [7, 11) is 1.67. The van der Waals surface area contributed by atoms with Gasteiger partial charge >= 0.3 is 0 Å². The van der Waals surface area contributed by atoms with Crippen LogP contribution in [-0.2, 0) is 6.54 Å². The molecular formula is C20H29N6O+. The zero-order valence-corrected chi connectivity index (χ0v) is 16.2. The molecule has 3 aliphatic rings. The molecule has 1 aromatic heterocycles. The van der Waals surface area contributed by atoms with Crippen LogP contribution in [0.5, 0.6) is 0 Å². The van der Waals surface area contributed by atoms with Gasteiger partial charge in [0.15, 0.2) is 5.82 Å². The highest BCUT2D eigenvalue weighted by Gasteiger charge is 2.29. The van der Waals surface area contributed by atoms with Crippen molar-refractivity contribution in [3.63, 3.8) is 0 Å². The predicted octanol–water partition coefficient (Wildman–Crippen LogP) is 1.30. The van der Waals surface area contributed by atoms with Crippen molar-refractivity contribution in [2.75, 3.05) is 26.7 Å². The molecule has 0 aliphatic carbocycles. The average molecular weight is 369 g/mol. The van der Waals surface area contributed by atoms with Crippen LogP contribution in [0.1, 0.15) is 38.2 Å². The quantitative estimate of drug-likeness (QED) is 0.767. The first kappa shape index (κ1) is 17.9. The van der Waals surface area contributed by atoms with Crippen LogP contribution in [0.2, 0.25) is 0 Å². The Morgan fingerprint density at radius 3 is 2.93 bits per heavy atom. The first-order valence-corrected chi connectivity index (χ1v) is 9.88. The van der Waals surface area contributed by atoms with Crippen molar-refractivity contribution in [1.29, 1.82) is 0 Å². The van der Waals surface area contributed by atoms with Crippen LogP contribution in [0.15, 0.2) is 52.8 Å². The highest BCUT2D eigenvalue weighted by molar-refractivity contribution is 5.95. The zero-order chi connectivity index (χ0) is 18.6. The van der Waals surface area contributed by atoms with E-state index < -0.39 is 0 Å². The summed E-state index contributed by atoms with van der Waals surface area (Å²) in [5.41, 5.74) is 5.98. The normalized spacial score (nSPS) is 19.6. The van der Waals surface area contributed by atoms with Crippen LogP contribution in [0.3, 0.4) is 0 Å². The van der Waals surface area contributed by atoms with Crippen molar-refractivity contribution in [1.82, 2.24) is 20.7 Å². The second kappa shape index (κ2) is 8.00. The summed E-state index contributed by atoms with van der Waals surface area (Å²) in [4.78, 5) is 12.7. The van der Waals surface area contributed by atoms with Crippen LogP contribution >= 0.6 is 0 Å². The largest absolute Gasteiger partial charge is 0.366 e. The fourth-order valence-corrected chi connectivity index (χ4v) is 3.75. The number of pyridine rings is 1. The standard InChI is InChI=1S/C20H29N6O/c1-3-17-14-22-26-18(21-13-16-8-7-11-25(15-16)27-2)12-19(23-20(17)26)24-9-5-4-6-10-24/h7-8,11-12,15,21-22H,3-6,9-10,13-14H2,1-2H3/q+1. The second-order valence-corrected chi connectivity index (χ2v) is 7.11. The Bertz CT molecular complexity index is 778. The number of hydrogen-bond donors (Lipinski definition) is 2.